The molecule has 2 aliphatic heterocycles. The van der Waals surface area contributed by atoms with Crippen molar-refractivity contribution in [3.63, 3.8) is 0 Å². The van der Waals surface area contributed by atoms with Crippen LogP contribution in [-0.2, 0) is 0 Å². The van der Waals surface area contributed by atoms with Crippen LogP contribution in [0.1, 0.15) is 62.6 Å². The molecule has 3 nitrogen and oxygen atoms in total. The van der Waals surface area contributed by atoms with Crippen LogP contribution < -0.4 is 14.8 Å². The van der Waals surface area contributed by atoms with E-state index in [1.807, 2.05) is 0 Å². The molecule has 0 bridgehead atoms. The summed E-state index contributed by atoms with van der Waals surface area (Å²) in [4.78, 5) is 0. The Morgan fingerprint density at radius 2 is 1.90 bits per heavy atom. The molecular formula is C17H24BrNO2. The van der Waals surface area contributed by atoms with Gasteiger partial charge in [-0.25, -0.2) is 0 Å². The summed E-state index contributed by atoms with van der Waals surface area (Å²) >= 11 is 3.68. The Balaban J connectivity index is 2.10. The van der Waals surface area contributed by atoms with Gasteiger partial charge in [-0.2, -0.15) is 0 Å². The summed E-state index contributed by atoms with van der Waals surface area (Å²) in [5.74, 6) is 2.27. The third-order valence-corrected chi connectivity index (χ3v) is 4.89. The fraction of sp³-hybridized carbons (Fsp3) is 0.647. The Bertz CT molecular complexity index is 510. The molecule has 1 N–H and O–H groups in total. The minimum absolute atomic E-state index is 0.423. The molecule has 1 saturated heterocycles. The maximum absolute atomic E-state index is 6.07. The summed E-state index contributed by atoms with van der Waals surface area (Å²) in [6.45, 7) is 7.05. The molecule has 4 heteroatoms. The number of ether oxygens (including phenoxy) is 2. The maximum atomic E-state index is 6.07. The van der Waals surface area contributed by atoms with Gasteiger partial charge in [0.15, 0.2) is 11.5 Å². The Hall–Kier alpha value is -0.740. The fourth-order valence-corrected chi connectivity index (χ4v) is 3.87. The van der Waals surface area contributed by atoms with Crippen LogP contribution in [0.15, 0.2) is 10.5 Å². The van der Waals surface area contributed by atoms with Crippen molar-refractivity contribution < 1.29 is 9.47 Å². The van der Waals surface area contributed by atoms with Crippen molar-refractivity contribution in [2.24, 2.45) is 0 Å². The van der Waals surface area contributed by atoms with E-state index in [1.165, 1.54) is 30.4 Å². The van der Waals surface area contributed by atoms with Crippen molar-refractivity contribution in [3.05, 3.63) is 21.7 Å². The van der Waals surface area contributed by atoms with Crippen molar-refractivity contribution >= 4 is 15.9 Å². The second-order valence-electron chi connectivity index (χ2n) is 6.23. The van der Waals surface area contributed by atoms with Crippen molar-refractivity contribution in [1.29, 1.82) is 0 Å². The van der Waals surface area contributed by atoms with Gasteiger partial charge in [-0.3, -0.25) is 0 Å². The van der Waals surface area contributed by atoms with Crippen LogP contribution >= 0.6 is 15.9 Å². The van der Waals surface area contributed by atoms with Crippen molar-refractivity contribution in [2.45, 2.75) is 51.5 Å². The second kappa shape index (κ2) is 6.57. The molecule has 2 aliphatic rings. The summed E-state index contributed by atoms with van der Waals surface area (Å²) in [5.41, 5.74) is 2.69. The van der Waals surface area contributed by atoms with E-state index in [9.17, 15) is 0 Å². The van der Waals surface area contributed by atoms with Gasteiger partial charge in [0.25, 0.3) is 0 Å². The predicted octanol–water partition coefficient (Wildman–Crippen LogP) is 4.55. The lowest BCUT2D eigenvalue weighted by Gasteiger charge is -2.29. The summed E-state index contributed by atoms with van der Waals surface area (Å²) in [6, 6.07) is 2.68. The number of benzene rings is 1. The topological polar surface area (TPSA) is 30.5 Å². The Morgan fingerprint density at radius 3 is 2.57 bits per heavy atom. The summed E-state index contributed by atoms with van der Waals surface area (Å²) in [5, 5.41) is 3.66. The van der Waals surface area contributed by atoms with Gasteiger partial charge in [0.2, 0.25) is 0 Å². The van der Waals surface area contributed by atoms with Crippen molar-refractivity contribution in [1.82, 2.24) is 5.32 Å². The average Bonchev–Trinajstić information content (AvgIpc) is 2.73. The van der Waals surface area contributed by atoms with Crippen LogP contribution in [0.2, 0.25) is 0 Å². The summed E-state index contributed by atoms with van der Waals surface area (Å²) in [7, 11) is 0. The van der Waals surface area contributed by atoms with Gasteiger partial charge >= 0.3 is 0 Å². The Labute approximate surface area is 135 Å². The van der Waals surface area contributed by atoms with E-state index in [1.54, 1.807) is 0 Å². The molecule has 1 unspecified atom stereocenters. The summed E-state index contributed by atoms with van der Waals surface area (Å²) in [6.07, 6.45) is 4.71. The molecule has 1 fully saturated rings. The van der Waals surface area contributed by atoms with Gasteiger partial charge in [0, 0.05) is 18.0 Å². The van der Waals surface area contributed by atoms with Crippen LogP contribution in [0, 0.1) is 0 Å². The van der Waals surface area contributed by atoms with Crippen molar-refractivity contribution in [2.75, 3.05) is 19.8 Å². The minimum Gasteiger partial charge on any atom is -0.489 e. The average molecular weight is 354 g/mol. The monoisotopic (exact) mass is 353 g/mol. The third-order valence-electron chi connectivity index (χ3n) is 4.31. The SMILES string of the molecule is CC(C)c1c(C2CCCCN2)cc(Br)c2c1OCCCO2. The fourth-order valence-electron chi connectivity index (χ4n) is 3.33. The van der Waals surface area contributed by atoms with E-state index in [4.69, 9.17) is 9.47 Å². The lowest BCUT2D eigenvalue weighted by atomic mass is 9.88. The zero-order valence-corrected chi connectivity index (χ0v) is 14.5. The maximum Gasteiger partial charge on any atom is 0.175 e. The van der Waals surface area contributed by atoms with E-state index in [0.717, 1.165) is 42.2 Å². The predicted molar refractivity (Wildman–Crippen MR) is 88.4 cm³/mol. The number of piperidine rings is 1. The molecule has 3 rings (SSSR count). The van der Waals surface area contributed by atoms with Gasteiger partial charge in [0.1, 0.15) is 0 Å². The normalized spacial score (nSPS) is 22.2. The first-order valence-corrected chi connectivity index (χ1v) is 8.83. The highest BCUT2D eigenvalue weighted by Crippen LogP contribution is 2.47. The molecule has 0 aromatic heterocycles. The lowest BCUT2D eigenvalue weighted by molar-refractivity contribution is 0.295. The first kappa shape index (κ1) is 15.2. The number of nitrogens with one attached hydrogen (secondary N) is 1. The van der Waals surface area contributed by atoms with Crippen LogP contribution in [0.5, 0.6) is 11.5 Å². The number of hydrogen-bond donors (Lipinski definition) is 1. The van der Waals surface area contributed by atoms with Crippen LogP contribution in [0.4, 0.5) is 0 Å². The van der Waals surface area contributed by atoms with Gasteiger partial charge < -0.3 is 14.8 Å². The molecule has 0 aliphatic carbocycles. The van der Waals surface area contributed by atoms with Crippen LogP contribution in [0.3, 0.4) is 0 Å². The van der Waals surface area contributed by atoms with E-state index >= 15 is 0 Å². The molecule has 21 heavy (non-hydrogen) atoms. The highest BCUT2D eigenvalue weighted by molar-refractivity contribution is 9.10. The Morgan fingerprint density at radius 1 is 1.14 bits per heavy atom. The van der Waals surface area contributed by atoms with Crippen LogP contribution in [0.25, 0.3) is 0 Å². The highest BCUT2D eigenvalue weighted by atomic mass is 79.9. The van der Waals surface area contributed by atoms with Gasteiger partial charge in [-0.15, -0.1) is 0 Å². The highest BCUT2D eigenvalue weighted by Gasteiger charge is 2.27. The van der Waals surface area contributed by atoms with Gasteiger partial charge in [-0.1, -0.05) is 20.3 Å². The number of rotatable bonds is 2. The molecule has 116 valence electrons. The molecule has 0 radical (unpaired) electrons. The molecule has 1 aromatic rings. The van der Waals surface area contributed by atoms with E-state index in [2.05, 4.69) is 41.2 Å². The quantitative estimate of drug-likeness (QED) is 0.845. The lowest BCUT2D eigenvalue weighted by Crippen LogP contribution is -2.28. The largest absolute Gasteiger partial charge is 0.489 e. The summed E-state index contributed by atoms with van der Waals surface area (Å²) < 4.78 is 13.0. The first-order valence-electron chi connectivity index (χ1n) is 8.03. The standard InChI is InChI=1S/C17H24BrNO2/c1-11(2)15-12(14-6-3-4-7-19-14)10-13(18)16-17(15)21-9-5-8-20-16/h10-11,14,19H,3-9H2,1-2H3. The molecule has 2 heterocycles. The zero-order chi connectivity index (χ0) is 14.8. The molecule has 1 atom stereocenters. The molecule has 0 saturated carbocycles. The first-order chi connectivity index (χ1) is 10.2. The van der Waals surface area contributed by atoms with Gasteiger partial charge in [0.05, 0.1) is 17.7 Å². The molecule has 0 amide bonds. The van der Waals surface area contributed by atoms with E-state index in [0.29, 0.717) is 12.0 Å². The zero-order valence-electron chi connectivity index (χ0n) is 12.9. The third kappa shape index (κ3) is 3.07. The number of halogens is 1. The van der Waals surface area contributed by atoms with Crippen LogP contribution in [-0.4, -0.2) is 19.8 Å². The second-order valence-corrected chi connectivity index (χ2v) is 7.08. The van der Waals surface area contributed by atoms with Crippen molar-refractivity contribution in [3.8, 4) is 11.5 Å². The van der Waals surface area contributed by atoms with Gasteiger partial charge in [-0.05, 0) is 52.9 Å². The smallest absolute Gasteiger partial charge is 0.175 e. The minimum atomic E-state index is 0.423. The van der Waals surface area contributed by atoms with E-state index in [-0.39, 0.29) is 0 Å². The number of fused-ring (bicyclic) bond motifs is 1. The Kier molecular flexibility index (Phi) is 4.75. The molecule has 1 aromatic carbocycles. The molecular weight excluding hydrogens is 330 g/mol. The molecule has 0 spiro atoms. The number of hydrogen-bond acceptors (Lipinski definition) is 3. The van der Waals surface area contributed by atoms with E-state index < -0.39 is 0 Å².